The summed E-state index contributed by atoms with van der Waals surface area (Å²) in [6.45, 7) is 3.54. The lowest BCUT2D eigenvalue weighted by Gasteiger charge is -2.21. The molecule has 0 saturated carbocycles. The zero-order chi connectivity index (χ0) is 14.0. The average molecular weight is 347 g/mol. The van der Waals surface area contributed by atoms with E-state index < -0.39 is 0 Å². The van der Waals surface area contributed by atoms with Crippen LogP contribution in [-0.4, -0.2) is 24.2 Å². The van der Waals surface area contributed by atoms with E-state index in [-0.39, 0.29) is 16.8 Å². The van der Waals surface area contributed by atoms with E-state index in [4.69, 9.17) is 22.7 Å². The standard InChI is InChI=1S/C13H16BrFN2OS/c1-7(8-4-5-18-6-8)17-10-3-2-9(13(16)19)11(14)12(10)15/h2-3,7-8,17H,4-6H2,1H3,(H2,16,19). The van der Waals surface area contributed by atoms with Crippen LogP contribution in [0, 0.1) is 11.7 Å². The number of rotatable bonds is 4. The molecule has 0 aromatic heterocycles. The van der Waals surface area contributed by atoms with Gasteiger partial charge in [0, 0.05) is 24.1 Å². The second-order valence-corrected chi connectivity index (χ2v) is 5.94. The second-order valence-electron chi connectivity index (χ2n) is 4.71. The maximum absolute atomic E-state index is 14.2. The Morgan fingerprint density at radius 1 is 1.63 bits per heavy atom. The van der Waals surface area contributed by atoms with Gasteiger partial charge in [-0.05, 0) is 41.4 Å². The van der Waals surface area contributed by atoms with Crippen molar-refractivity contribution in [1.82, 2.24) is 0 Å². The highest BCUT2D eigenvalue weighted by atomic mass is 79.9. The van der Waals surface area contributed by atoms with Crippen molar-refractivity contribution in [3.05, 3.63) is 28.0 Å². The molecule has 104 valence electrons. The van der Waals surface area contributed by atoms with Crippen molar-refractivity contribution in [3.63, 3.8) is 0 Å². The smallest absolute Gasteiger partial charge is 0.161 e. The van der Waals surface area contributed by atoms with E-state index in [1.807, 2.05) is 6.92 Å². The van der Waals surface area contributed by atoms with Gasteiger partial charge in [-0.1, -0.05) is 12.2 Å². The first-order valence-corrected chi connectivity index (χ1v) is 7.33. The zero-order valence-corrected chi connectivity index (χ0v) is 13.0. The number of ether oxygens (including phenoxy) is 1. The van der Waals surface area contributed by atoms with Gasteiger partial charge in [0.1, 0.15) is 4.99 Å². The van der Waals surface area contributed by atoms with Gasteiger partial charge in [-0.25, -0.2) is 4.39 Å². The first-order valence-electron chi connectivity index (χ1n) is 6.12. The van der Waals surface area contributed by atoms with Crippen LogP contribution in [0.4, 0.5) is 10.1 Å². The topological polar surface area (TPSA) is 47.3 Å². The molecule has 0 amide bonds. The summed E-state index contributed by atoms with van der Waals surface area (Å²) in [5.74, 6) is 0.0458. The van der Waals surface area contributed by atoms with Gasteiger partial charge < -0.3 is 15.8 Å². The van der Waals surface area contributed by atoms with Crippen LogP contribution in [0.1, 0.15) is 18.9 Å². The van der Waals surface area contributed by atoms with Gasteiger partial charge >= 0.3 is 0 Å². The van der Waals surface area contributed by atoms with Crippen LogP contribution >= 0.6 is 28.1 Å². The first kappa shape index (κ1) is 14.7. The molecule has 1 fully saturated rings. The maximum atomic E-state index is 14.2. The van der Waals surface area contributed by atoms with Crippen LogP contribution in [0.15, 0.2) is 16.6 Å². The summed E-state index contributed by atoms with van der Waals surface area (Å²) in [5, 5.41) is 3.19. The Balaban J connectivity index is 2.16. The molecule has 3 nitrogen and oxygen atoms in total. The van der Waals surface area contributed by atoms with Crippen LogP contribution in [0.2, 0.25) is 0 Å². The van der Waals surface area contributed by atoms with E-state index >= 15 is 0 Å². The predicted molar refractivity (Wildman–Crippen MR) is 82.0 cm³/mol. The molecule has 19 heavy (non-hydrogen) atoms. The highest BCUT2D eigenvalue weighted by Gasteiger charge is 2.23. The van der Waals surface area contributed by atoms with Crippen molar-refractivity contribution >= 4 is 38.8 Å². The van der Waals surface area contributed by atoms with Crippen LogP contribution in [0.5, 0.6) is 0 Å². The molecule has 1 aliphatic rings. The predicted octanol–water partition coefficient (Wildman–Crippen LogP) is 3.06. The third-order valence-electron chi connectivity index (χ3n) is 3.40. The summed E-state index contributed by atoms with van der Waals surface area (Å²) < 4.78 is 19.9. The molecular formula is C13H16BrFN2OS. The number of nitrogens with two attached hydrogens (primary N) is 1. The van der Waals surface area contributed by atoms with Crippen molar-refractivity contribution in [2.45, 2.75) is 19.4 Å². The molecule has 1 aromatic carbocycles. The molecule has 2 unspecified atom stereocenters. The van der Waals surface area contributed by atoms with Crippen molar-refractivity contribution < 1.29 is 9.13 Å². The van der Waals surface area contributed by atoms with Gasteiger partial charge in [-0.2, -0.15) is 0 Å². The molecule has 6 heteroatoms. The molecule has 0 spiro atoms. The van der Waals surface area contributed by atoms with Crippen LogP contribution in [0.3, 0.4) is 0 Å². The fraction of sp³-hybridized carbons (Fsp3) is 0.462. The lowest BCUT2D eigenvalue weighted by atomic mass is 10.0. The average Bonchev–Trinajstić information content (AvgIpc) is 2.88. The molecule has 0 aliphatic carbocycles. The van der Waals surface area contributed by atoms with Gasteiger partial charge in [-0.15, -0.1) is 0 Å². The maximum Gasteiger partial charge on any atom is 0.161 e. The van der Waals surface area contributed by atoms with Crippen molar-refractivity contribution in [2.24, 2.45) is 11.7 Å². The molecule has 1 saturated heterocycles. The summed E-state index contributed by atoms with van der Waals surface area (Å²) in [6.07, 6.45) is 1.00. The molecule has 1 aliphatic heterocycles. The Hall–Kier alpha value is -0.720. The van der Waals surface area contributed by atoms with E-state index in [0.29, 0.717) is 21.6 Å². The summed E-state index contributed by atoms with van der Waals surface area (Å²) in [5.41, 5.74) is 6.49. The number of benzene rings is 1. The van der Waals surface area contributed by atoms with E-state index in [1.165, 1.54) is 0 Å². The normalized spacial score (nSPS) is 20.3. The summed E-state index contributed by atoms with van der Waals surface area (Å²) in [6, 6.07) is 3.54. The molecule has 0 radical (unpaired) electrons. The van der Waals surface area contributed by atoms with Crippen LogP contribution in [-0.2, 0) is 4.74 Å². The Labute approximate surface area is 125 Å². The van der Waals surface area contributed by atoms with Gasteiger partial charge in [-0.3, -0.25) is 0 Å². The molecule has 3 N–H and O–H groups in total. The summed E-state index contributed by atoms with van der Waals surface area (Å²) in [7, 11) is 0. The van der Waals surface area contributed by atoms with Crippen molar-refractivity contribution in [2.75, 3.05) is 18.5 Å². The number of nitrogens with one attached hydrogen (secondary N) is 1. The van der Waals surface area contributed by atoms with E-state index in [2.05, 4.69) is 21.2 Å². The SMILES string of the molecule is CC(Nc1ccc(C(N)=S)c(Br)c1F)C1CCOC1. The van der Waals surface area contributed by atoms with Gasteiger partial charge in [0.15, 0.2) is 5.82 Å². The number of halogens is 2. The van der Waals surface area contributed by atoms with E-state index in [0.717, 1.165) is 19.6 Å². The lowest BCUT2D eigenvalue weighted by Crippen LogP contribution is -2.26. The molecule has 2 rings (SSSR count). The minimum Gasteiger partial charge on any atom is -0.389 e. The number of thiocarbonyl (C=S) groups is 1. The third-order valence-corrected chi connectivity index (χ3v) is 4.40. The molecular weight excluding hydrogens is 331 g/mol. The molecule has 1 aromatic rings. The minimum atomic E-state index is -0.365. The van der Waals surface area contributed by atoms with Crippen molar-refractivity contribution in [1.29, 1.82) is 0 Å². The molecule has 1 heterocycles. The lowest BCUT2D eigenvalue weighted by molar-refractivity contribution is 0.183. The number of anilines is 1. The monoisotopic (exact) mass is 346 g/mol. The Morgan fingerprint density at radius 2 is 2.37 bits per heavy atom. The van der Waals surface area contributed by atoms with Gasteiger partial charge in [0.05, 0.1) is 16.8 Å². The number of hydrogen-bond acceptors (Lipinski definition) is 3. The highest BCUT2D eigenvalue weighted by molar-refractivity contribution is 9.10. The van der Waals surface area contributed by atoms with Gasteiger partial charge in [0.2, 0.25) is 0 Å². The zero-order valence-electron chi connectivity index (χ0n) is 10.6. The molecule has 0 bridgehead atoms. The third kappa shape index (κ3) is 3.24. The second kappa shape index (κ2) is 6.15. The highest BCUT2D eigenvalue weighted by Crippen LogP contribution is 2.29. The van der Waals surface area contributed by atoms with Crippen molar-refractivity contribution in [3.8, 4) is 0 Å². The van der Waals surface area contributed by atoms with Gasteiger partial charge in [0.25, 0.3) is 0 Å². The first-order chi connectivity index (χ1) is 9.00. The van der Waals surface area contributed by atoms with E-state index in [9.17, 15) is 4.39 Å². The Bertz CT molecular complexity index is 492. The largest absolute Gasteiger partial charge is 0.389 e. The fourth-order valence-corrected chi connectivity index (χ4v) is 3.02. The summed E-state index contributed by atoms with van der Waals surface area (Å²) in [4.78, 5) is 0.176. The fourth-order valence-electron chi connectivity index (χ4n) is 2.16. The molecule has 2 atom stereocenters. The van der Waals surface area contributed by atoms with E-state index in [1.54, 1.807) is 12.1 Å². The van der Waals surface area contributed by atoms with Crippen LogP contribution in [0.25, 0.3) is 0 Å². The Morgan fingerprint density at radius 3 is 2.95 bits per heavy atom. The van der Waals surface area contributed by atoms with Crippen LogP contribution < -0.4 is 11.1 Å². The number of hydrogen-bond donors (Lipinski definition) is 2. The quantitative estimate of drug-likeness (QED) is 0.822. The minimum absolute atomic E-state index is 0.152. The Kier molecular flexibility index (Phi) is 4.76. The summed E-state index contributed by atoms with van der Waals surface area (Å²) >= 11 is 8.07.